The van der Waals surface area contributed by atoms with Gasteiger partial charge in [-0.25, -0.2) is 0 Å². The molecule has 0 aromatic heterocycles. The maximum Gasteiger partial charge on any atom is 0.458 e. The Morgan fingerprint density at radius 1 is 0.400 bits per heavy atom. The molecule has 0 heterocycles. The average molecular weight is 587 g/mol. The summed E-state index contributed by atoms with van der Waals surface area (Å²) in [6, 6.07) is 29.1. The molecule has 9 heteroatoms. The second-order valence-corrected chi connectivity index (χ2v) is 17.0. The van der Waals surface area contributed by atoms with E-state index in [4.69, 9.17) is 26.6 Å². The van der Waals surface area contributed by atoms with Crippen molar-refractivity contribution in [3.05, 3.63) is 91.0 Å². The first kappa shape index (κ1) is 31.3. The lowest BCUT2D eigenvalue weighted by Gasteiger charge is -2.22. The molecule has 0 aliphatic carbocycles. The topological polar surface area (TPSA) is 55.4 Å². The Hall–Kier alpha value is -3.25. The SMILES string of the molecule is CO[Si](C#CC(C#C[Si](OC)(OC)c1ccccc1)C#C[Si](OC)(OC)c1ccccc1)(OC)c1ccccc1. The summed E-state index contributed by atoms with van der Waals surface area (Å²) in [4.78, 5) is 0. The van der Waals surface area contributed by atoms with E-state index in [1.165, 1.54) is 0 Å². The first-order valence-corrected chi connectivity index (χ1v) is 18.0. The molecule has 0 amide bonds. The van der Waals surface area contributed by atoms with E-state index < -0.39 is 31.6 Å². The van der Waals surface area contributed by atoms with Crippen LogP contribution in [0.25, 0.3) is 0 Å². The van der Waals surface area contributed by atoms with Gasteiger partial charge in [0.2, 0.25) is 0 Å². The largest absolute Gasteiger partial charge is 0.458 e. The van der Waals surface area contributed by atoms with E-state index >= 15 is 0 Å². The summed E-state index contributed by atoms with van der Waals surface area (Å²) >= 11 is 0. The molecule has 3 aromatic rings. The zero-order valence-corrected chi connectivity index (χ0v) is 26.7. The maximum absolute atomic E-state index is 5.90. The Morgan fingerprint density at radius 2 is 0.625 bits per heavy atom. The molecule has 40 heavy (non-hydrogen) atoms. The van der Waals surface area contributed by atoms with Crippen LogP contribution in [0, 0.1) is 40.3 Å². The van der Waals surface area contributed by atoms with Gasteiger partial charge in [-0.1, -0.05) is 125 Å². The highest BCUT2D eigenvalue weighted by Gasteiger charge is 2.39. The summed E-state index contributed by atoms with van der Waals surface area (Å²) in [7, 11) is 0.367. The van der Waals surface area contributed by atoms with Crippen molar-refractivity contribution in [1.29, 1.82) is 0 Å². The molecule has 3 rings (SSSR count). The molecule has 206 valence electrons. The molecule has 0 saturated carbocycles. The van der Waals surface area contributed by atoms with Gasteiger partial charge in [-0.3, -0.25) is 0 Å². The van der Waals surface area contributed by atoms with Crippen LogP contribution in [0.1, 0.15) is 0 Å². The smallest absolute Gasteiger partial charge is 0.385 e. The van der Waals surface area contributed by atoms with Crippen LogP contribution in [0.3, 0.4) is 0 Å². The molecule has 3 aromatic carbocycles. The fraction of sp³-hybridized carbons (Fsp3) is 0.226. The number of benzene rings is 3. The first-order valence-electron chi connectivity index (χ1n) is 12.5. The third kappa shape index (κ3) is 7.08. The summed E-state index contributed by atoms with van der Waals surface area (Å²) < 4.78 is 35.4. The van der Waals surface area contributed by atoms with Crippen LogP contribution in [-0.2, 0) is 26.6 Å². The van der Waals surface area contributed by atoms with Gasteiger partial charge in [-0.05, 0) is 0 Å². The van der Waals surface area contributed by atoms with Gasteiger partial charge >= 0.3 is 25.7 Å². The van der Waals surface area contributed by atoms with E-state index in [-0.39, 0.29) is 0 Å². The molecule has 6 nitrogen and oxygen atoms in total. The molecule has 0 fully saturated rings. The van der Waals surface area contributed by atoms with Crippen LogP contribution in [0.4, 0.5) is 0 Å². The van der Waals surface area contributed by atoms with Gasteiger partial charge in [-0.15, -0.1) is 0 Å². The monoisotopic (exact) mass is 586 g/mol. The van der Waals surface area contributed by atoms with Crippen LogP contribution in [0.5, 0.6) is 0 Å². The third-order valence-corrected chi connectivity index (χ3v) is 14.5. The van der Waals surface area contributed by atoms with Crippen LogP contribution in [0.2, 0.25) is 0 Å². The molecule has 0 atom stereocenters. The fourth-order valence-corrected chi connectivity index (χ4v) is 9.92. The molecule has 0 saturated heterocycles. The van der Waals surface area contributed by atoms with E-state index in [0.29, 0.717) is 0 Å². The Bertz CT molecular complexity index is 1210. The number of hydrogen-bond donors (Lipinski definition) is 0. The second-order valence-electron chi connectivity index (χ2n) is 8.41. The van der Waals surface area contributed by atoms with Crippen molar-refractivity contribution in [2.45, 2.75) is 0 Å². The minimum atomic E-state index is -3.09. The summed E-state index contributed by atoms with van der Waals surface area (Å²) in [5.74, 6) is 9.02. The molecule has 0 unspecified atom stereocenters. The van der Waals surface area contributed by atoms with Gasteiger partial charge in [0.15, 0.2) is 0 Å². The van der Waals surface area contributed by atoms with Crippen molar-refractivity contribution in [2.75, 3.05) is 42.7 Å². The van der Waals surface area contributed by atoms with Crippen LogP contribution in [-0.4, -0.2) is 68.3 Å². The highest BCUT2D eigenvalue weighted by atomic mass is 28.4. The Morgan fingerprint density at radius 3 is 0.825 bits per heavy atom. The standard InChI is InChI=1S/C31H34O6Si3/c1-32-38(33-2,29-16-10-7-11-17-29)25-22-28(23-26-39(34-3,35-4)30-18-12-8-13-19-30)24-27-40(36-5,37-6)31-20-14-9-15-21-31/h7-21,28H,1-6H3. The van der Waals surface area contributed by atoms with E-state index in [2.05, 4.69) is 34.4 Å². The lowest BCUT2D eigenvalue weighted by atomic mass is 10.2. The van der Waals surface area contributed by atoms with Gasteiger partial charge in [0.05, 0.1) is 0 Å². The second kappa shape index (κ2) is 14.9. The van der Waals surface area contributed by atoms with Crippen molar-refractivity contribution in [3.8, 4) is 34.4 Å². The van der Waals surface area contributed by atoms with Gasteiger partial charge in [0, 0.05) is 58.2 Å². The Kier molecular flexibility index (Phi) is 11.7. The summed E-state index contributed by atoms with van der Waals surface area (Å²) in [6.07, 6.45) is 0. The molecule has 0 spiro atoms. The molecule has 0 radical (unpaired) electrons. The molecular weight excluding hydrogens is 553 g/mol. The number of rotatable bonds is 9. The first-order chi connectivity index (χ1) is 19.5. The zero-order valence-electron chi connectivity index (χ0n) is 23.7. The summed E-state index contributed by atoms with van der Waals surface area (Å²) in [5.41, 5.74) is 9.84. The van der Waals surface area contributed by atoms with Crippen LogP contribution < -0.4 is 15.6 Å². The van der Waals surface area contributed by atoms with Crippen LogP contribution in [0.15, 0.2) is 91.0 Å². The van der Waals surface area contributed by atoms with E-state index in [0.717, 1.165) is 15.6 Å². The average Bonchev–Trinajstić information content (AvgIpc) is 3.04. The van der Waals surface area contributed by atoms with Gasteiger partial charge in [-0.2, -0.15) is 0 Å². The molecule has 0 N–H and O–H groups in total. The molecule has 0 aliphatic heterocycles. The van der Waals surface area contributed by atoms with Crippen molar-refractivity contribution in [2.24, 2.45) is 5.92 Å². The van der Waals surface area contributed by atoms with Crippen molar-refractivity contribution >= 4 is 41.2 Å². The lowest BCUT2D eigenvalue weighted by Crippen LogP contribution is -2.52. The number of hydrogen-bond acceptors (Lipinski definition) is 6. The van der Waals surface area contributed by atoms with Gasteiger partial charge in [0.1, 0.15) is 5.92 Å². The zero-order chi connectivity index (χ0) is 28.9. The summed E-state index contributed by atoms with van der Waals surface area (Å²) in [6.45, 7) is 0. The molecular formula is C31H34O6Si3. The van der Waals surface area contributed by atoms with Crippen molar-refractivity contribution in [1.82, 2.24) is 0 Å². The predicted octanol–water partition coefficient (Wildman–Crippen LogP) is 2.16. The predicted molar refractivity (Wildman–Crippen MR) is 164 cm³/mol. The van der Waals surface area contributed by atoms with E-state index in [9.17, 15) is 0 Å². The van der Waals surface area contributed by atoms with Crippen molar-refractivity contribution in [3.63, 3.8) is 0 Å². The van der Waals surface area contributed by atoms with Crippen molar-refractivity contribution < 1.29 is 26.6 Å². The Balaban J connectivity index is 2.18. The highest BCUT2D eigenvalue weighted by Crippen LogP contribution is 2.10. The maximum atomic E-state index is 5.90. The van der Waals surface area contributed by atoms with E-state index in [1.54, 1.807) is 42.7 Å². The summed E-state index contributed by atoms with van der Waals surface area (Å²) in [5, 5.41) is 2.65. The molecule has 0 bridgehead atoms. The Labute approximate surface area is 241 Å². The third-order valence-electron chi connectivity index (χ3n) is 6.33. The van der Waals surface area contributed by atoms with Gasteiger partial charge in [0.25, 0.3) is 0 Å². The van der Waals surface area contributed by atoms with Gasteiger partial charge < -0.3 is 26.6 Å². The normalized spacial score (nSPS) is 11.5. The quantitative estimate of drug-likeness (QED) is 0.283. The fourth-order valence-electron chi connectivity index (χ4n) is 4.06. The minimum absolute atomic E-state index is 0.706. The molecule has 0 aliphatic rings. The minimum Gasteiger partial charge on any atom is -0.385 e. The van der Waals surface area contributed by atoms with E-state index in [1.807, 2.05) is 91.0 Å². The highest BCUT2D eigenvalue weighted by molar-refractivity contribution is 6.89. The lowest BCUT2D eigenvalue weighted by molar-refractivity contribution is 0.273. The van der Waals surface area contributed by atoms with Crippen LogP contribution >= 0.6 is 0 Å².